The molecular weight excluding hydrogens is 284 g/mol. The fourth-order valence-corrected chi connectivity index (χ4v) is 2.52. The summed E-state index contributed by atoms with van der Waals surface area (Å²) < 4.78 is 0. The summed E-state index contributed by atoms with van der Waals surface area (Å²) in [5.74, 6) is -0.453. The molecule has 0 aliphatic heterocycles. The molecule has 0 bridgehead atoms. The molecule has 0 spiro atoms. The summed E-state index contributed by atoms with van der Waals surface area (Å²) >= 11 is 0. The number of allylic oxidation sites excluding steroid dienone is 2. The number of nitrogens with zero attached hydrogens (tertiary/aromatic N) is 2. The van der Waals surface area contributed by atoms with E-state index < -0.39 is 0 Å². The molecular formula is C16H26N2O4. The van der Waals surface area contributed by atoms with E-state index in [2.05, 4.69) is 0 Å². The van der Waals surface area contributed by atoms with E-state index in [4.69, 9.17) is 10.2 Å². The van der Waals surface area contributed by atoms with E-state index in [9.17, 15) is 9.59 Å². The summed E-state index contributed by atoms with van der Waals surface area (Å²) in [4.78, 5) is 28.2. The lowest BCUT2D eigenvalue weighted by Crippen LogP contribution is -2.37. The van der Waals surface area contributed by atoms with Gasteiger partial charge < -0.3 is 20.0 Å². The predicted octanol–water partition coefficient (Wildman–Crippen LogP) is 0.315. The maximum atomic E-state index is 12.3. The molecule has 0 aromatic heterocycles. The van der Waals surface area contributed by atoms with Crippen molar-refractivity contribution in [3.63, 3.8) is 0 Å². The number of ketones is 2. The standard InChI is InChI=1S/C16H26N2O4/c1-3-5-17(7-9-19)13-11-16(22)14(12-15(13)21)18(6-4-2)8-10-20/h11-12,19-20H,3-10H2,1-2H3. The Morgan fingerprint density at radius 3 is 1.41 bits per heavy atom. The van der Waals surface area contributed by atoms with E-state index in [1.165, 1.54) is 12.2 Å². The number of carbonyl (C=O) groups excluding carboxylic acids is 2. The Hall–Kier alpha value is -1.66. The minimum Gasteiger partial charge on any atom is -0.395 e. The van der Waals surface area contributed by atoms with Gasteiger partial charge in [-0.2, -0.15) is 0 Å². The first-order chi connectivity index (χ1) is 10.6. The first-order valence-corrected chi connectivity index (χ1v) is 7.82. The highest BCUT2D eigenvalue weighted by atomic mass is 16.3. The van der Waals surface area contributed by atoms with Crippen LogP contribution in [-0.2, 0) is 9.59 Å². The molecule has 0 atom stereocenters. The van der Waals surface area contributed by atoms with E-state index in [0.717, 1.165) is 12.8 Å². The molecule has 124 valence electrons. The highest BCUT2D eigenvalue weighted by molar-refractivity contribution is 6.19. The summed E-state index contributed by atoms with van der Waals surface area (Å²) in [5.41, 5.74) is 0.676. The lowest BCUT2D eigenvalue weighted by Gasteiger charge is -2.30. The van der Waals surface area contributed by atoms with Crippen molar-refractivity contribution in [1.29, 1.82) is 0 Å². The van der Waals surface area contributed by atoms with Crippen LogP contribution in [0.15, 0.2) is 23.5 Å². The summed E-state index contributed by atoms with van der Waals surface area (Å²) in [6.45, 7) is 5.71. The van der Waals surface area contributed by atoms with Crippen molar-refractivity contribution in [1.82, 2.24) is 9.80 Å². The highest BCUT2D eigenvalue weighted by Crippen LogP contribution is 2.19. The SMILES string of the molecule is CCCN(CCO)C1=CC(=O)C(N(CCC)CCO)=CC1=O. The second-order valence-corrected chi connectivity index (χ2v) is 5.21. The Balaban J connectivity index is 2.97. The van der Waals surface area contributed by atoms with Gasteiger partial charge in [0, 0.05) is 38.3 Å². The van der Waals surface area contributed by atoms with E-state index in [0.29, 0.717) is 37.6 Å². The second-order valence-electron chi connectivity index (χ2n) is 5.21. The Morgan fingerprint density at radius 2 is 1.14 bits per heavy atom. The molecule has 0 aromatic carbocycles. The minimum atomic E-state index is -0.226. The quantitative estimate of drug-likeness (QED) is 0.566. The van der Waals surface area contributed by atoms with Crippen LogP contribution >= 0.6 is 0 Å². The molecule has 0 saturated carbocycles. The van der Waals surface area contributed by atoms with Crippen LogP contribution in [0.3, 0.4) is 0 Å². The highest BCUT2D eigenvalue weighted by Gasteiger charge is 2.26. The normalized spacial score (nSPS) is 14.7. The summed E-state index contributed by atoms with van der Waals surface area (Å²) in [6, 6.07) is 0. The summed E-state index contributed by atoms with van der Waals surface area (Å²) in [7, 11) is 0. The van der Waals surface area contributed by atoms with Crippen molar-refractivity contribution in [2.45, 2.75) is 26.7 Å². The van der Waals surface area contributed by atoms with E-state index in [1.807, 2.05) is 13.8 Å². The number of hydrogen-bond donors (Lipinski definition) is 2. The zero-order valence-electron chi connectivity index (χ0n) is 13.4. The molecule has 1 aliphatic carbocycles. The monoisotopic (exact) mass is 310 g/mol. The number of aliphatic hydroxyl groups excluding tert-OH is 2. The number of rotatable bonds is 10. The topological polar surface area (TPSA) is 81.1 Å². The third-order valence-corrected chi connectivity index (χ3v) is 3.45. The smallest absolute Gasteiger partial charge is 0.204 e. The molecule has 0 radical (unpaired) electrons. The van der Waals surface area contributed by atoms with Crippen LogP contribution in [0.5, 0.6) is 0 Å². The predicted molar refractivity (Wildman–Crippen MR) is 84.1 cm³/mol. The van der Waals surface area contributed by atoms with E-state index >= 15 is 0 Å². The molecule has 0 amide bonds. The lowest BCUT2D eigenvalue weighted by molar-refractivity contribution is -0.117. The van der Waals surface area contributed by atoms with Gasteiger partial charge in [0.25, 0.3) is 0 Å². The van der Waals surface area contributed by atoms with Gasteiger partial charge in [0.15, 0.2) is 0 Å². The largest absolute Gasteiger partial charge is 0.395 e. The van der Waals surface area contributed by atoms with Gasteiger partial charge in [-0.1, -0.05) is 13.8 Å². The summed E-state index contributed by atoms with van der Waals surface area (Å²) in [5, 5.41) is 18.2. The molecule has 6 nitrogen and oxygen atoms in total. The third kappa shape index (κ3) is 4.68. The van der Waals surface area contributed by atoms with Crippen molar-refractivity contribution in [2.24, 2.45) is 0 Å². The Bertz CT molecular complexity index is 403. The Kier molecular flexibility index (Phi) is 7.84. The second kappa shape index (κ2) is 9.38. The van der Waals surface area contributed by atoms with Crippen molar-refractivity contribution >= 4 is 11.6 Å². The summed E-state index contributed by atoms with van der Waals surface area (Å²) in [6.07, 6.45) is 4.34. The van der Waals surface area contributed by atoms with E-state index in [1.54, 1.807) is 9.80 Å². The molecule has 1 aliphatic rings. The van der Waals surface area contributed by atoms with Gasteiger partial charge in [-0.25, -0.2) is 0 Å². The Morgan fingerprint density at radius 1 is 0.773 bits per heavy atom. The van der Waals surface area contributed by atoms with Gasteiger partial charge in [-0.05, 0) is 12.8 Å². The molecule has 0 saturated heterocycles. The van der Waals surface area contributed by atoms with E-state index in [-0.39, 0.29) is 24.8 Å². The third-order valence-electron chi connectivity index (χ3n) is 3.45. The van der Waals surface area contributed by atoms with Crippen LogP contribution in [0.25, 0.3) is 0 Å². The molecule has 6 heteroatoms. The first-order valence-electron chi connectivity index (χ1n) is 7.82. The van der Waals surface area contributed by atoms with Gasteiger partial charge in [0.05, 0.1) is 24.6 Å². The molecule has 0 fully saturated rings. The van der Waals surface area contributed by atoms with Crippen molar-refractivity contribution < 1.29 is 19.8 Å². The van der Waals surface area contributed by atoms with Gasteiger partial charge in [0.2, 0.25) is 11.6 Å². The van der Waals surface area contributed by atoms with Crippen LogP contribution < -0.4 is 0 Å². The van der Waals surface area contributed by atoms with Crippen LogP contribution in [0.2, 0.25) is 0 Å². The maximum Gasteiger partial charge on any atom is 0.204 e. The van der Waals surface area contributed by atoms with Crippen molar-refractivity contribution in [3.05, 3.63) is 23.5 Å². The molecule has 0 aromatic rings. The van der Waals surface area contributed by atoms with Crippen LogP contribution in [-0.4, -0.2) is 71.0 Å². The number of aliphatic hydroxyl groups is 2. The average Bonchev–Trinajstić information content (AvgIpc) is 2.49. The van der Waals surface area contributed by atoms with Crippen molar-refractivity contribution in [2.75, 3.05) is 39.4 Å². The zero-order valence-corrected chi connectivity index (χ0v) is 13.4. The first kappa shape index (κ1) is 18.4. The van der Waals surface area contributed by atoms with Gasteiger partial charge in [-0.3, -0.25) is 9.59 Å². The fourth-order valence-electron chi connectivity index (χ4n) is 2.52. The molecule has 2 N–H and O–H groups in total. The molecule has 22 heavy (non-hydrogen) atoms. The number of carbonyl (C=O) groups is 2. The van der Waals surface area contributed by atoms with Gasteiger partial charge in [-0.15, -0.1) is 0 Å². The van der Waals surface area contributed by atoms with Crippen LogP contribution in [0.4, 0.5) is 0 Å². The lowest BCUT2D eigenvalue weighted by atomic mass is 10.0. The average molecular weight is 310 g/mol. The van der Waals surface area contributed by atoms with Gasteiger partial charge in [0.1, 0.15) is 0 Å². The molecule has 1 rings (SSSR count). The van der Waals surface area contributed by atoms with Crippen LogP contribution in [0.1, 0.15) is 26.7 Å². The minimum absolute atomic E-state index is 0.0676. The van der Waals surface area contributed by atoms with Crippen LogP contribution in [0, 0.1) is 0 Å². The zero-order chi connectivity index (χ0) is 16.5. The maximum absolute atomic E-state index is 12.3. The molecule has 0 unspecified atom stereocenters. The Labute approximate surface area is 131 Å². The molecule has 0 heterocycles. The van der Waals surface area contributed by atoms with Crippen molar-refractivity contribution in [3.8, 4) is 0 Å². The fraction of sp³-hybridized carbons (Fsp3) is 0.625. The van der Waals surface area contributed by atoms with Gasteiger partial charge >= 0.3 is 0 Å². The number of hydrogen-bond acceptors (Lipinski definition) is 6.